The highest BCUT2D eigenvalue weighted by molar-refractivity contribution is 6.31. The molecule has 1 aliphatic rings. The number of benzene rings is 1. The second-order valence-corrected chi connectivity index (χ2v) is 5.66. The highest BCUT2D eigenvalue weighted by atomic mass is 35.5. The molecular weight excluding hydrogens is 278 g/mol. The number of carbonyl (C=O) groups excluding carboxylic acids is 1. The minimum absolute atomic E-state index is 0.0867. The number of hydrogen-bond acceptors (Lipinski definition) is 3. The summed E-state index contributed by atoms with van der Waals surface area (Å²) in [6.45, 7) is 4.70. The van der Waals surface area contributed by atoms with Gasteiger partial charge in [-0.3, -0.25) is 4.79 Å². The SMILES string of the molecule is Cc1cc(OC(C)C(=O)N2CCCC(O)C2)ccc1Cl. The molecule has 0 bridgehead atoms. The third-order valence-corrected chi connectivity index (χ3v) is 3.92. The molecule has 1 fully saturated rings. The van der Waals surface area contributed by atoms with Gasteiger partial charge in [0.1, 0.15) is 5.75 Å². The molecule has 2 rings (SSSR count). The number of likely N-dealkylation sites (tertiary alicyclic amines) is 1. The number of ether oxygens (including phenoxy) is 1. The Bertz CT molecular complexity index is 492. The zero-order valence-corrected chi connectivity index (χ0v) is 12.6. The molecular formula is C15H20ClNO3. The van der Waals surface area contributed by atoms with Crippen LogP contribution in [0.25, 0.3) is 0 Å². The number of β-amino-alcohol motifs (C(OH)–C–C–N with tert-alkyl or cyclic N) is 1. The van der Waals surface area contributed by atoms with Gasteiger partial charge in [-0.1, -0.05) is 11.6 Å². The van der Waals surface area contributed by atoms with Gasteiger partial charge in [0, 0.05) is 18.1 Å². The maximum absolute atomic E-state index is 12.3. The van der Waals surface area contributed by atoms with E-state index in [1.165, 1.54) is 0 Å². The van der Waals surface area contributed by atoms with E-state index < -0.39 is 12.2 Å². The molecule has 20 heavy (non-hydrogen) atoms. The van der Waals surface area contributed by atoms with Gasteiger partial charge in [0.05, 0.1) is 6.10 Å². The average Bonchev–Trinajstić information content (AvgIpc) is 2.42. The van der Waals surface area contributed by atoms with E-state index >= 15 is 0 Å². The molecule has 110 valence electrons. The quantitative estimate of drug-likeness (QED) is 0.932. The average molecular weight is 298 g/mol. The minimum Gasteiger partial charge on any atom is -0.481 e. The molecule has 0 aromatic heterocycles. The number of aryl methyl sites for hydroxylation is 1. The topological polar surface area (TPSA) is 49.8 Å². The van der Waals surface area contributed by atoms with Gasteiger partial charge in [-0.2, -0.15) is 0 Å². The lowest BCUT2D eigenvalue weighted by Crippen LogP contribution is -2.47. The molecule has 1 aromatic carbocycles. The van der Waals surface area contributed by atoms with Gasteiger partial charge in [-0.25, -0.2) is 0 Å². The van der Waals surface area contributed by atoms with Gasteiger partial charge in [0.25, 0.3) is 5.91 Å². The van der Waals surface area contributed by atoms with E-state index in [2.05, 4.69) is 0 Å². The van der Waals surface area contributed by atoms with Crippen molar-refractivity contribution in [2.45, 2.75) is 38.9 Å². The van der Waals surface area contributed by atoms with Crippen LogP contribution in [-0.2, 0) is 4.79 Å². The summed E-state index contributed by atoms with van der Waals surface area (Å²) < 4.78 is 5.67. The molecule has 1 aromatic rings. The van der Waals surface area contributed by atoms with Crippen molar-refractivity contribution in [1.29, 1.82) is 0 Å². The van der Waals surface area contributed by atoms with Crippen molar-refractivity contribution in [2.75, 3.05) is 13.1 Å². The first-order valence-electron chi connectivity index (χ1n) is 6.87. The van der Waals surface area contributed by atoms with Gasteiger partial charge in [0.2, 0.25) is 0 Å². The lowest BCUT2D eigenvalue weighted by molar-refractivity contribution is -0.141. The standard InChI is InChI=1S/C15H20ClNO3/c1-10-8-13(5-6-14(10)16)20-11(2)15(19)17-7-3-4-12(18)9-17/h5-6,8,11-12,18H,3-4,7,9H2,1-2H3. The van der Waals surface area contributed by atoms with Crippen molar-refractivity contribution in [1.82, 2.24) is 4.90 Å². The van der Waals surface area contributed by atoms with Crippen LogP contribution in [0.2, 0.25) is 5.02 Å². The van der Waals surface area contributed by atoms with Crippen LogP contribution in [-0.4, -0.2) is 41.2 Å². The summed E-state index contributed by atoms with van der Waals surface area (Å²) in [5, 5.41) is 10.3. The summed E-state index contributed by atoms with van der Waals surface area (Å²) in [7, 11) is 0. The highest BCUT2D eigenvalue weighted by Gasteiger charge is 2.26. The molecule has 4 nitrogen and oxygen atoms in total. The number of amides is 1. The van der Waals surface area contributed by atoms with E-state index in [9.17, 15) is 9.90 Å². The smallest absolute Gasteiger partial charge is 0.263 e. The van der Waals surface area contributed by atoms with Crippen molar-refractivity contribution in [2.24, 2.45) is 0 Å². The Morgan fingerprint density at radius 3 is 2.95 bits per heavy atom. The Labute approximate surface area is 124 Å². The van der Waals surface area contributed by atoms with Crippen LogP contribution < -0.4 is 4.74 Å². The second kappa shape index (κ2) is 6.46. The van der Waals surface area contributed by atoms with Gasteiger partial charge < -0.3 is 14.7 Å². The van der Waals surface area contributed by atoms with Gasteiger partial charge in [-0.05, 0) is 50.5 Å². The zero-order chi connectivity index (χ0) is 14.7. The predicted molar refractivity (Wildman–Crippen MR) is 78.1 cm³/mol. The number of piperidine rings is 1. The van der Waals surface area contributed by atoms with Crippen molar-refractivity contribution < 1.29 is 14.6 Å². The Morgan fingerprint density at radius 2 is 2.30 bits per heavy atom. The monoisotopic (exact) mass is 297 g/mol. The number of rotatable bonds is 3. The summed E-state index contributed by atoms with van der Waals surface area (Å²) in [5.74, 6) is 0.543. The molecule has 0 spiro atoms. The van der Waals surface area contributed by atoms with E-state index in [0.717, 1.165) is 18.4 Å². The van der Waals surface area contributed by atoms with E-state index in [4.69, 9.17) is 16.3 Å². The third-order valence-electron chi connectivity index (χ3n) is 3.50. The maximum Gasteiger partial charge on any atom is 0.263 e. The van der Waals surface area contributed by atoms with Crippen LogP contribution in [0.5, 0.6) is 5.75 Å². The summed E-state index contributed by atoms with van der Waals surface area (Å²) in [6.07, 6.45) is 0.605. The largest absolute Gasteiger partial charge is 0.481 e. The van der Waals surface area contributed by atoms with E-state index in [1.54, 1.807) is 24.0 Å². The molecule has 0 radical (unpaired) electrons. The van der Waals surface area contributed by atoms with Gasteiger partial charge >= 0.3 is 0 Å². The van der Waals surface area contributed by atoms with Crippen molar-refractivity contribution in [3.63, 3.8) is 0 Å². The summed E-state index contributed by atoms with van der Waals surface area (Å²) in [6, 6.07) is 5.33. The molecule has 2 unspecified atom stereocenters. The summed E-state index contributed by atoms with van der Waals surface area (Å²) in [4.78, 5) is 13.9. The first kappa shape index (κ1) is 15.1. The van der Waals surface area contributed by atoms with Crippen molar-refractivity contribution in [3.05, 3.63) is 28.8 Å². The Balaban J connectivity index is 1.98. The molecule has 5 heteroatoms. The second-order valence-electron chi connectivity index (χ2n) is 5.25. The molecule has 1 heterocycles. The van der Waals surface area contributed by atoms with Crippen LogP contribution >= 0.6 is 11.6 Å². The molecule has 2 atom stereocenters. The van der Waals surface area contributed by atoms with Gasteiger partial charge in [0.15, 0.2) is 6.10 Å². The van der Waals surface area contributed by atoms with E-state index in [-0.39, 0.29) is 5.91 Å². The third kappa shape index (κ3) is 3.64. The first-order chi connectivity index (χ1) is 9.47. The highest BCUT2D eigenvalue weighted by Crippen LogP contribution is 2.22. The summed E-state index contributed by atoms with van der Waals surface area (Å²) >= 11 is 5.96. The molecule has 1 aliphatic heterocycles. The molecule has 1 N–H and O–H groups in total. The number of aliphatic hydroxyl groups is 1. The number of carbonyl (C=O) groups is 1. The van der Waals surface area contributed by atoms with Crippen molar-refractivity contribution in [3.8, 4) is 5.75 Å². The molecule has 1 amide bonds. The van der Waals surface area contributed by atoms with Crippen LogP contribution in [0.1, 0.15) is 25.3 Å². The predicted octanol–water partition coefficient (Wildman–Crippen LogP) is 2.40. The van der Waals surface area contributed by atoms with Crippen LogP contribution in [0.4, 0.5) is 0 Å². The fraction of sp³-hybridized carbons (Fsp3) is 0.533. The van der Waals surface area contributed by atoms with Crippen molar-refractivity contribution >= 4 is 17.5 Å². The first-order valence-corrected chi connectivity index (χ1v) is 7.25. The fourth-order valence-corrected chi connectivity index (χ4v) is 2.47. The lowest BCUT2D eigenvalue weighted by Gasteiger charge is -2.32. The van der Waals surface area contributed by atoms with Crippen LogP contribution in [0.15, 0.2) is 18.2 Å². The molecule has 0 aliphatic carbocycles. The summed E-state index contributed by atoms with van der Waals surface area (Å²) in [5.41, 5.74) is 0.914. The van der Waals surface area contributed by atoms with Crippen LogP contribution in [0, 0.1) is 6.92 Å². The molecule has 0 saturated carbocycles. The van der Waals surface area contributed by atoms with Crippen LogP contribution in [0.3, 0.4) is 0 Å². The fourth-order valence-electron chi connectivity index (χ4n) is 2.36. The zero-order valence-electron chi connectivity index (χ0n) is 11.8. The normalized spacial score (nSPS) is 20.6. The number of halogens is 1. The molecule has 1 saturated heterocycles. The van der Waals surface area contributed by atoms with E-state index in [0.29, 0.717) is 23.9 Å². The maximum atomic E-state index is 12.3. The Kier molecular flexibility index (Phi) is 4.89. The number of hydrogen-bond donors (Lipinski definition) is 1. The van der Waals surface area contributed by atoms with E-state index in [1.807, 2.05) is 13.0 Å². The lowest BCUT2D eigenvalue weighted by atomic mass is 10.1. The number of aliphatic hydroxyl groups excluding tert-OH is 1. The Morgan fingerprint density at radius 1 is 1.55 bits per heavy atom. The number of nitrogens with zero attached hydrogens (tertiary/aromatic N) is 1. The Hall–Kier alpha value is -1.26. The minimum atomic E-state index is -0.569. The van der Waals surface area contributed by atoms with Gasteiger partial charge in [-0.15, -0.1) is 0 Å².